The van der Waals surface area contributed by atoms with Crippen molar-refractivity contribution < 1.29 is 0 Å². The Morgan fingerprint density at radius 3 is 2.27 bits per heavy atom. The number of hydrazone groups is 1. The molecule has 128 valence electrons. The predicted octanol–water partition coefficient (Wildman–Crippen LogP) is 6.28. The third-order valence-electron chi connectivity index (χ3n) is 5.01. The zero-order valence-electron chi connectivity index (χ0n) is 15.1. The minimum atomic E-state index is 0.304. The molecule has 0 amide bonds. The van der Waals surface area contributed by atoms with Crippen LogP contribution in [0.25, 0.3) is 10.8 Å². The largest absolute Gasteiger partial charge is 0.279 e. The van der Waals surface area contributed by atoms with E-state index in [0.29, 0.717) is 5.92 Å². The highest BCUT2D eigenvalue weighted by atomic mass is 15.3. The number of nitrogens with zero attached hydrogens (tertiary/aromatic N) is 1. The van der Waals surface area contributed by atoms with Gasteiger partial charge in [-0.25, -0.2) is 0 Å². The topological polar surface area (TPSA) is 24.4 Å². The van der Waals surface area contributed by atoms with E-state index in [9.17, 15) is 0 Å². The van der Waals surface area contributed by atoms with Crippen molar-refractivity contribution in [3.63, 3.8) is 0 Å². The van der Waals surface area contributed by atoms with Crippen LogP contribution in [0.3, 0.4) is 0 Å². The molecule has 0 saturated heterocycles. The summed E-state index contributed by atoms with van der Waals surface area (Å²) < 4.78 is 0. The van der Waals surface area contributed by atoms with Gasteiger partial charge >= 0.3 is 0 Å². The summed E-state index contributed by atoms with van der Waals surface area (Å²) in [7, 11) is 0. The molecule has 0 unspecified atom stereocenters. The van der Waals surface area contributed by atoms with Gasteiger partial charge in [-0.2, -0.15) is 5.10 Å². The van der Waals surface area contributed by atoms with Crippen LogP contribution in [-0.4, -0.2) is 6.21 Å². The quantitative estimate of drug-likeness (QED) is 0.439. The lowest BCUT2D eigenvalue weighted by atomic mass is 9.91. The fraction of sp³-hybridized carbons (Fsp3) is 0.125. The highest BCUT2D eigenvalue weighted by Crippen LogP contribution is 2.34. The lowest BCUT2D eigenvalue weighted by Crippen LogP contribution is -2.00. The SMILES string of the molecule is CC1=CC(c2ccc3ccccc3c2C=NNc2ccccc2)C=C1C. The second-order valence-electron chi connectivity index (χ2n) is 6.75. The Morgan fingerprint density at radius 2 is 1.50 bits per heavy atom. The lowest BCUT2D eigenvalue weighted by molar-refractivity contribution is 1.10. The molecule has 4 rings (SSSR count). The smallest absolute Gasteiger partial charge is 0.0561 e. The van der Waals surface area contributed by atoms with Gasteiger partial charge in [0.25, 0.3) is 0 Å². The summed E-state index contributed by atoms with van der Waals surface area (Å²) >= 11 is 0. The summed E-state index contributed by atoms with van der Waals surface area (Å²) in [4.78, 5) is 0. The maximum atomic E-state index is 4.52. The van der Waals surface area contributed by atoms with Crippen LogP contribution in [-0.2, 0) is 0 Å². The van der Waals surface area contributed by atoms with Gasteiger partial charge in [-0.15, -0.1) is 0 Å². The van der Waals surface area contributed by atoms with E-state index >= 15 is 0 Å². The number of fused-ring (bicyclic) bond motifs is 1. The number of nitrogens with one attached hydrogen (secondary N) is 1. The summed E-state index contributed by atoms with van der Waals surface area (Å²) in [6, 6.07) is 22.9. The van der Waals surface area contributed by atoms with Gasteiger partial charge in [-0.1, -0.05) is 77.9 Å². The van der Waals surface area contributed by atoms with Crippen molar-refractivity contribution in [1.82, 2.24) is 0 Å². The van der Waals surface area contributed by atoms with Crippen LogP contribution in [0.1, 0.15) is 30.9 Å². The van der Waals surface area contributed by atoms with Crippen LogP contribution in [0.4, 0.5) is 5.69 Å². The number of allylic oxidation sites excluding steroid dienone is 4. The van der Waals surface area contributed by atoms with E-state index in [1.54, 1.807) is 0 Å². The summed E-state index contributed by atoms with van der Waals surface area (Å²) in [5, 5.41) is 6.98. The van der Waals surface area contributed by atoms with Crippen molar-refractivity contribution in [1.29, 1.82) is 0 Å². The predicted molar refractivity (Wildman–Crippen MR) is 112 cm³/mol. The van der Waals surface area contributed by atoms with Gasteiger partial charge in [-0.3, -0.25) is 5.43 Å². The molecule has 0 saturated carbocycles. The fourth-order valence-corrected chi connectivity index (χ4v) is 3.46. The zero-order chi connectivity index (χ0) is 17.9. The first-order chi connectivity index (χ1) is 12.7. The highest BCUT2D eigenvalue weighted by molar-refractivity contribution is 6.01. The summed E-state index contributed by atoms with van der Waals surface area (Å²) in [6.45, 7) is 4.36. The summed E-state index contributed by atoms with van der Waals surface area (Å²) in [5.74, 6) is 0.304. The monoisotopic (exact) mass is 338 g/mol. The molecule has 0 heterocycles. The maximum Gasteiger partial charge on any atom is 0.0561 e. The second-order valence-corrected chi connectivity index (χ2v) is 6.75. The van der Waals surface area contributed by atoms with E-state index in [2.05, 4.69) is 72.9 Å². The molecule has 3 aromatic rings. The first-order valence-electron chi connectivity index (χ1n) is 8.95. The minimum absolute atomic E-state index is 0.304. The number of rotatable bonds is 4. The number of benzene rings is 3. The standard InChI is InChI=1S/C24H22N2/c1-17-14-20(15-18(17)2)23-13-12-19-8-6-7-11-22(19)24(23)16-25-26-21-9-4-3-5-10-21/h3-16,20,26H,1-2H3. The van der Waals surface area contributed by atoms with Crippen molar-refractivity contribution in [2.24, 2.45) is 5.10 Å². The Hall–Kier alpha value is -3.13. The maximum absolute atomic E-state index is 4.52. The van der Waals surface area contributed by atoms with Crippen molar-refractivity contribution in [3.05, 3.63) is 101 Å². The Bertz CT molecular complexity index is 1010. The third-order valence-corrected chi connectivity index (χ3v) is 5.01. The van der Waals surface area contributed by atoms with Crippen LogP contribution >= 0.6 is 0 Å². The molecule has 0 aromatic heterocycles. The lowest BCUT2D eigenvalue weighted by Gasteiger charge is -2.13. The van der Waals surface area contributed by atoms with Gasteiger partial charge in [-0.05, 0) is 42.3 Å². The Kier molecular flexibility index (Phi) is 4.40. The molecule has 0 aliphatic heterocycles. The molecule has 0 bridgehead atoms. The molecule has 1 aliphatic rings. The molecule has 26 heavy (non-hydrogen) atoms. The van der Waals surface area contributed by atoms with E-state index in [0.717, 1.165) is 5.69 Å². The molecule has 0 fully saturated rings. The normalized spacial score (nSPS) is 14.7. The first-order valence-corrected chi connectivity index (χ1v) is 8.95. The van der Waals surface area contributed by atoms with Crippen LogP contribution < -0.4 is 5.43 Å². The van der Waals surface area contributed by atoms with Gasteiger partial charge in [0.1, 0.15) is 0 Å². The zero-order valence-corrected chi connectivity index (χ0v) is 15.1. The van der Waals surface area contributed by atoms with Gasteiger partial charge in [0.05, 0.1) is 11.9 Å². The molecule has 1 N–H and O–H groups in total. The fourth-order valence-electron chi connectivity index (χ4n) is 3.46. The van der Waals surface area contributed by atoms with Gasteiger partial charge in [0.2, 0.25) is 0 Å². The molecule has 3 aromatic carbocycles. The number of para-hydroxylation sites is 1. The van der Waals surface area contributed by atoms with Gasteiger partial charge < -0.3 is 0 Å². The van der Waals surface area contributed by atoms with E-state index in [1.807, 2.05) is 36.5 Å². The second kappa shape index (κ2) is 7.01. The molecular weight excluding hydrogens is 316 g/mol. The van der Waals surface area contributed by atoms with E-state index in [-0.39, 0.29) is 0 Å². The highest BCUT2D eigenvalue weighted by Gasteiger charge is 2.17. The van der Waals surface area contributed by atoms with Crippen LogP contribution in [0.5, 0.6) is 0 Å². The van der Waals surface area contributed by atoms with E-state index in [4.69, 9.17) is 0 Å². The van der Waals surface area contributed by atoms with Gasteiger partial charge in [0, 0.05) is 11.5 Å². The van der Waals surface area contributed by atoms with Crippen LogP contribution in [0.2, 0.25) is 0 Å². The number of anilines is 1. The molecule has 0 radical (unpaired) electrons. The van der Waals surface area contributed by atoms with Crippen molar-refractivity contribution >= 4 is 22.7 Å². The van der Waals surface area contributed by atoms with Crippen molar-refractivity contribution in [2.75, 3.05) is 5.43 Å². The molecule has 1 aliphatic carbocycles. The van der Waals surface area contributed by atoms with Crippen molar-refractivity contribution in [3.8, 4) is 0 Å². The minimum Gasteiger partial charge on any atom is -0.279 e. The first kappa shape index (κ1) is 16.3. The third kappa shape index (κ3) is 3.18. The molecule has 2 nitrogen and oxygen atoms in total. The van der Waals surface area contributed by atoms with Crippen molar-refractivity contribution in [2.45, 2.75) is 19.8 Å². The Labute approximate surface area is 154 Å². The average Bonchev–Trinajstić information content (AvgIpc) is 3.01. The van der Waals surface area contributed by atoms with Crippen LogP contribution in [0, 0.1) is 0 Å². The summed E-state index contributed by atoms with van der Waals surface area (Å²) in [5.41, 5.74) is 9.29. The Morgan fingerprint density at radius 1 is 0.808 bits per heavy atom. The van der Waals surface area contributed by atoms with Crippen LogP contribution in [0.15, 0.2) is 95.1 Å². The van der Waals surface area contributed by atoms with E-state index in [1.165, 1.54) is 33.0 Å². The number of hydrogen-bond donors (Lipinski definition) is 1. The number of hydrogen-bond acceptors (Lipinski definition) is 2. The summed E-state index contributed by atoms with van der Waals surface area (Å²) in [6.07, 6.45) is 6.62. The molecular formula is C24H22N2. The van der Waals surface area contributed by atoms with E-state index < -0.39 is 0 Å². The van der Waals surface area contributed by atoms with Gasteiger partial charge in [0.15, 0.2) is 0 Å². The Balaban J connectivity index is 1.76. The molecule has 0 atom stereocenters. The molecule has 0 spiro atoms. The average molecular weight is 338 g/mol. The molecule has 2 heteroatoms.